The van der Waals surface area contributed by atoms with E-state index in [-0.39, 0.29) is 12.8 Å². The quantitative estimate of drug-likeness (QED) is 0.516. The van der Waals surface area contributed by atoms with Crippen molar-refractivity contribution in [3.63, 3.8) is 0 Å². The van der Waals surface area contributed by atoms with Crippen LogP contribution in [0.4, 0.5) is 0 Å². The van der Waals surface area contributed by atoms with Crippen LogP contribution in [0.3, 0.4) is 0 Å². The second-order valence-electron chi connectivity index (χ2n) is 2.58. The van der Waals surface area contributed by atoms with Crippen LogP contribution in [-0.4, -0.2) is 28.2 Å². The average Bonchev–Trinajstić information content (AvgIpc) is 2.02. The van der Waals surface area contributed by atoms with E-state index in [1.807, 2.05) is 0 Å². The highest BCUT2D eigenvalue weighted by Crippen LogP contribution is 1.95. The van der Waals surface area contributed by atoms with Crippen LogP contribution in [0.15, 0.2) is 12.2 Å². The van der Waals surface area contributed by atoms with Crippen molar-refractivity contribution in [2.45, 2.75) is 25.3 Å². The average molecular weight is 187 g/mol. The minimum Gasteiger partial charge on any atom is -0.481 e. The molecule has 1 unspecified atom stereocenters. The van der Waals surface area contributed by atoms with Crippen LogP contribution in [0, 0.1) is 0 Å². The molecule has 0 aliphatic rings. The van der Waals surface area contributed by atoms with E-state index in [0.29, 0.717) is 6.42 Å². The van der Waals surface area contributed by atoms with Gasteiger partial charge in [-0.2, -0.15) is 0 Å². The summed E-state index contributed by atoms with van der Waals surface area (Å²) in [6.45, 7) is 0. The number of hydrogen-bond donors (Lipinski definition) is 3. The van der Waals surface area contributed by atoms with Crippen molar-refractivity contribution >= 4 is 11.9 Å². The number of hydrogen-bond acceptors (Lipinski definition) is 3. The van der Waals surface area contributed by atoms with Gasteiger partial charge >= 0.3 is 11.9 Å². The number of aliphatic carboxylic acids is 2. The van der Waals surface area contributed by atoms with E-state index in [2.05, 4.69) is 0 Å². The Morgan fingerprint density at radius 3 is 2.38 bits per heavy atom. The molecule has 0 heterocycles. The lowest BCUT2D eigenvalue weighted by molar-refractivity contribution is -0.138. The van der Waals surface area contributed by atoms with Crippen molar-refractivity contribution in [2.75, 3.05) is 0 Å². The second-order valence-corrected chi connectivity index (χ2v) is 2.58. The molecule has 0 bridgehead atoms. The maximum Gasteiger partial charge on any atom is 0.320 e. The van der Waals surface area contributed by atoms with Gasteiger partial charge in [-0.05, 0) is 12.8 Å². The van der Waals surface area contributed by atoms with E-state index in [9.17, 15) is 9.59 Å². The van der Waals surface area contributed by atoms with Crippen LogP contribution in [0.5, 0.6) is 0 Å². The number of nitrogens with two attached hydrogens (primary N) is 1. The van der Waals surface area contributed by atoms with Crippen molar-refractivity contribution in [3.05, 3.63) is 12.2 Å². The lowest BCUT2D eigenvalue weighted by Crippen LogP contribution is -2.29. The first-order chi connectivity index (χ1) is 6.04. The molecule has 1 atom stereocenters. The van der Waals surface area contributed by atoms with E-state index in [4.69, 9.17) is 15.9 Å². The number of carboxylic acid groups (broad SMARTS) is 2. The van der Waals surface area contributed by atoms with Crippen LogP contribution in [0.25, 0.3) is 0 Å². The Morgan fingerprint density at radius 2 is 1.92 bits per heavy atom. The summed E-state index contributed by atoms with van der Waals surface area (Å²) in [5, 5.41) is 16.6. The summed E-state index contributed by atoms with van der Waals surface area (Å²) < 4.78 is 0. The van der Waals surface area contributed by atoms with Gasteiger partial charge in [-0.15, -0.1) is 0 Å². The molecule has 0 aromatic carbocycles. The van der Waals surface area contributed by atoms with Gasteiger partial charge in [0, 0.05) is 6.42 Å². The highest BCUT2D eigenvalue weighted by Gasteiger charge is 2.07. The molecule has 0 spiro atoms. The van der Waals surface area contributed by atoms with Gasteiger partial charge in [0.05, 0.1) is 0 Å². The molecule has 0 aliphatic heterocycles. The SMILES string of the molecule is NC(CC=CCCC(=O)O)C(=O)O. The van der Waals surface area contributed by atoms with Crippen LogP contribution in [0.1, 0.15) is 19.3 Å². The largest absolute Gasteiger partial charge is 0.481 e. The summed E-state index contributed by atoms with van der Waals surface area (Å²) >= 11 is 0. The minimum absolute atomic E-state index is 0.0544. The smallest absolute Gasteiger partial charge is 0.320 e. The van der Waals surface area contributed by atoms with Crippen LogP contribution in [-0.2, 0) is 9.59 Å². The zero-order chi connectivity index (χ0) is 10.3. The number of rotatable bonds is 6. The number of allylic oxidation sites excluding steroid dienone is 1. The predicted molar refractivity (Wildman–Crippen MR) is 46.2 cm³/mol. The highest BCUT2D eigenvalue weighted by molar-refractivity contribution is 5.73. The molecular weight excluding hydrogens is 174 g/mol. The summed E-state index contributed by atoms with van der Waals surface area (Å²) in [7, 11) is 0. The first-order valence-corrected chi connectivity index (χ1v) is 3.89. The molecule has 0 saturated heterocycles. The minimum atomic E-state index is -1.05. The van der Waals surface area contributed by atoms with E-state index >= 15 is 0 Å². The fourth-order valence-corrected chi connectivity index (χ4v) is 0.668. The molecule has 5 heteroatoms. The highest BCUT2D eigenvalue weighted by atomic mass is 16.4. The summed E-state index contributed by atoms with van der Waals surface area (Å²) in [6.07, 6.45) is 3.90. The third-order valence-electron chi connectivity index (χ3n) is 1.40. The Hall–Kier alpha value is -1.36. The fourth-order valence-electron chi connectivity index (χ4n) is 0.668. The molecule has 0 aromatic rings. The van der Waals surface area contributed by atoms with Gasteiger partial charge in [0.25, 0.3) is 0 Å². The lowest BCUT2D eigenvalue weighted by atomic mass is 10.2. The van der Waals surface area contributed by atoms with E-state index in [1.165, 1.54) is 0 Å². The molecule has 4 N–H and O–H groups in total. The molecule has 0 amide bonds. The monoisotopic (exact) mass is 187 g/mol. The first-order valence-electron chi connectivity index (χ1n) is 3.89. The normalized spacial score (nSPS) is 13.0. The molecule has 0 aromatic heterocycles. The molecule has 0 fully saturated rings. The van der Waals surface area contributed by atoms with Gasteiger partial charge in [-0.1, -0.05) is 12.2 Å². The van der Waals surface area contributed by atoms with Gasteiger partial charge in [0.15, 0.2) is 0 Å². The van der Waals surface area contributed by atoms with Crippen molar-refractivity contribution in [2.24, 2.45) is 5.73 Å². The maximum atomic E-state index is 10.2. The molecular formula is C8H13NO4. The number of carboxylic acids is 2. The summed E-state index contributed by atoms with van der Waals surface area (Å²) in [5.41, 5.74) is 5.19. The summed E-state index contributed by atoms with van der Waals surface area (Å²) in [6, 6.07) is -0.902. The van der Waals surface area contributed by atoms with Gasteiger partial charge in [0.1, 0.15) is 6.04 Å². The lowest BCUT2D eigenvalue weighted by Gasteiger charge is -1.99. The third kappa shape index (κ3) is 7.02. The Kier molecular flexibility index (Phi) is 5.54. The van der Waals surface area contributed by atoms with Gasteiger partial charge < -0.3 is 15.9 Å². The molecule has 0 aliphatic carbocycles. The van der Waals surface area contributed by atoms with Crippen molar-refractivity contribution in [1.29, 1.82) is 0 Å². The van der Waals surface area contributed by atoms with Crippen LogP contribution in [0.2, 0.25) is 0 Å². The topological polar surface area (TPSA) is 101 Å². The summed E-state index contributed by atoms with van der Waals surface area (Å²) in [5.74, 6) is -1.92. The Balaban J connectivity index is 3.52. The van der Waals surface area contributed by atoms with E-state index in [1.54, 1.807) is 12.2 Å². The molecule has 0 radical (unpaired) electrons. The van der Waals surface area contributed by atoms with Crippen molar-refractivity contribution < 1.29 is 19.8 Å². The molecule has 0 rings (SSSR count). The van der Waals surface area contributed by atoms with E-state index in [0.717, 1.165) is 0 Å². The molecule has 0 saturated carbocycles. The first kappa shape index (κ1) is 11.6. The molecule has 13 heavy (non-hydrogen) atoms. The zero-order valence-corrected chi connectivity index (χ0v) is 7.14. The van der Waals surface area contributed by atoms with Gasteiger partial charge in [0.2, 0.25) is 0 Å². The van der Waals surface area contributed by atoms with E-state index < -0.39 is 18.0 Å². The predicted octanol–water partition coefficient (Wildman–Crippen LogP) is 0.209. The molecule has 74 valence electrons. The second kappa shape index (κ2) is 6.19. The van der Waals surface area contributed by atoms with Crippen molar-refractivity contribution in [3.8, 4) is 0 Å². The van der Waals surface area contributed by atoms with Gasteiger partial charge in [-0.25, -0.2) is 0 Å². The third-order valence-corrected chi connectivity index (χ3v) is 1.40. The molecule has 5 nitrogen and oxygen atoms in total. The van der Waals surface area contributed by atoms with Crippen LogP contribution >= 0.6 is 0 Å². The fraction of sp³-hybridized carbons (Fsp3) is 0.500. The standard InChI is InChI=1S/C8H13NO4/c9-6(8(12)13)4-2-1-3-5-7(10)11/h1-2,6H,3-5,9H2,(H,10,11)(H,12,13). The van der Waals surface area contributed by atoms with Gasteiger partial charge in [-0.3, -0.25) is 9.59 Å². The zero-order valence-electron chi connectivity index (χ0n) is 7.14. The maximum absolute atomic E-state index is 10.2. The van der Waals surface area contributed by atoms with Crippen molar-refractivity contribution in [1.82, 2.24) is 0 Å². The number of carbonyl (C=O) groups is 2. The Bertz CT molecular complexity index is 212. The Morgan fingerprint density at radius 1 is 1.31 bits per heavy atom. The van der Waals surface area contributed by atoms with Crippen LogP contribution < -0.4 is 5.73 Å². The Labute approximate surface area is 75.9 Å². The summed E-state index contributed by atoms with van der Waals surface area (Å²) in [4.78, 5) is 20.3.